The third-order valence-corrected chi connectivity index (χ3v) is 2.36. The molecule has 0 fully saturated rings. The first-order chi connectivity index (χ1) is 8.97. The molecule has 1 aromatic heterocycles. The zero-order valence-corrected chi connectivity index (χ0v) is 9.30. The summed E-state index contributed by atoms with van der Waals surface area (Å²) >= 11 is 0. The van der Waals surface area contributed by atoms with Gasteiger partial charge in [-0.25, -0.2) is 26.6 Å². The van der Waals surface area contributed by atoms with Crippen molar-refractivity contribution in [1.29, 1.82) is 0 Å². The number of nitrogens with zero attached hydrogens (tertiary/aromatic N) is 3. The minimum atomic E-state index is -2.22. The second-order valence-electron chi connectivity index (χ2n) is 3.61. The van der Waals surface area contributed by atoms with Crippen LogP contribution in [0.25, 0.3) is 5.69 Å². The summed E-state index contributed by atoms with van der Waals surface area (Å²) in [5.41, 5.74) is 4.34. The van der Waals surface area contributed by atoms with Crippen LogP contribution in [0.5, 0.6) is 0 Å². The van der Waals surface area contributed by atoms with Crippen molar-refractivity contribution in [3.8, 4) is 5.69 Å². The monoisotopic (exact) mass is 278 g/mol. The first-order valence-electron chi connectivity index (χ1n) is 5.10. The van der Waals surface area contributed by atoms with Crippen molar-refractivity contribution in [2.45, 2.75) is 6.42 Å². The summed E-state index contributed by atoms with van der Waals surface area (Å²) in [6, 6.07) is 0. The largest absolute Gasteiger partial charge is 0.330 e. The van der Waals surface area contributed by atoms with E-state index in [2.05, 4.69) is 10.3 Å². The summed E-state index contributed by atoms with van der Waals surface area (Å²) in [5, 5.41) is 6.82. The van der Waals surface area contributed by atoms with E-state index in [0.717, 1.165) is 6.20 Å². The highest BCUT2D eigenvalue weighted by Gasteiger charge is 2.27. The molecule has 0 atom stereocenters. The Bertz CT molecular complexity index is 596. The fourth-order valence-electron chi connectivity index (χ4n) is 1.46. The molecule has 0 saturated carbocycles. The fraction of sp³-hybridized carbons (Fsp3) is 0.200. The summed E-state index contributed by atoms with van der Waals surface area (Å²) in [7, 11) is 0. The average molecular weight is 278 g/mol. The number of hydrogen-bond donors (Lipinski definition) is 1. The van der Waals surface area contributed by atoms with Gasteiger partial charge >= 0.3 is 0 Å². The van der Waals surface area contributed by atoms with Gasteiger partial charge in [-0.2, -0.15) is 0 Å². The van der Waals surface area contributed by atoms with Crippen molar-refractivity contribution < 1.29 is 22.0 Å². The van der Waals surface area contributed by atoms with Gasteiger partial charge in [-0.3, -0.25) is 0 Å². The number of benzene rings is 1. The molecule has 0 aliphatic rings. The normalized spacial score (nSPS) is 11.1. The number of hydrogen-bond acceptors (Lipinski definition) is 3. The van der Waals surface area contributed by atoms with Crippen molar-refractivity contribution in [3.05, 3.63) is 41.0 Å². The van der Waals surface area contributed by atoms with Gasteiger partial charge in [0.2, 0.25) is 5.82 Å². The number of nitrogens with two attached hydrogens (primary N) is 1. The highest BCUT2D eigenvalue weighted by molar-refractivity contribution is 5.36. The summed E-state index contributed by atoms with van der Waals surface area (Å²) in [6.07, 6.45) is 1.31. The first-order valence-corrected chi connectivity index (χ1v) is 5.10. The molecule has 19 heavy (non-hydrogen) atoms. The molecule has 4 nitrogen and oxygen atoms in total. The van der Waals surface area contributed by atoms with E-state index in [1.165, 1.54) is 0 Å². The second kappa shape index (κ2) is 4.92. The van der Waals surface area contributed by atoms with Gasteiger partial charge in [0.15, 0.2) is 23.3 Å². The maximum Gasteiger partial charge on any atom is 0.200 e. The minimum absolute atomic E-state index is 0.204. The Morgan fingerprint density at radius 2 is 1.47 bits per heavy atom. The lowest BCUT2D eigenvalue weighted by Crippen LogP contribution is -2.10. The van der Waals surface area contributed by atoms with Crippen molar-refractivity contribution in [3.63, 3.8) is 0 Å². The molecular formula is C10H7F5N4. The van der Waals surface area contributed by atoms with Gasteiger partial charge in [0.1, 0.15) is 5.69 Å². The summed E-state index contributed by atoms with van der Waals surface area (Å²) in [5.74, 6) is -10.2. The molecule has 0 unspecified atom stereocenters. The van der Waals surface area contributed by atoms with E-state index < -0.39 is 34.8 Å². The lowest BCUT2D eigenvalue weighted by atomic mass is 10.2. The molecule has 0 aliphatic heterocycles. The van der Waals surface area contributed by atoms with Crippen LogP contribution in [0.15, 0.2) is 6.20 Å². The van der Waals surface area contributed by atoms with Crippen LogP contribution < -0.4 is 5.73 Å². The maximum absolute atomic E-state index is 13.4. The van der Waals surface area contributed by atoms with Crippen LogP contribution in [-0.4, -0.2) is 21.5 Å². The van der Waals surface area contributed by atoms with E-state index in [-0.39, 0.29) is 18.7 Å². The van der Waals surface area contributed by atoms with E-state index >= 15 is 0 Å². The number of aromatic nitrogens is 3. The first kappa shape index (κ1) is 13.4. The molecule has 0 amide bonds. The molecule has 0 spiro atoms. The van der Waals surface area contributed by atoms with Crippen LogP contribution in [-0.2, 0) is 6.42 Å². The Hall–Kier alpha value is -2.03. The molecule has 9 heteroatoms. The predicted molar refractivity (Wildman–Crippen MR) is 53.9 cm³/mol. The molecule has 0 radical (unpaired) electrons. The van der Waals surface area contributed by atoms with Crippen LogP contribution in [0.2, 0.25) is 0 Å². The van der Waals surface area contributed by atoms with Crippen molar-refractivity contribution in [1.82, 2.24) is 15.0 Å². The third-order valence-electron chi connectivity index (χ3n) is 2.36. The zero-order chi connectivity index (χ0) is 14.2. The summed E-state index contributed by atoms with van der Waals surface area (Å²) in [6.45, 7) is 0.204. The number of halogens is 5. The average Bonchev–Trinajstić information content (AvgIpc) is 2.83. The van der Waals surface area contributed by atoms with Crippen molar-refractivity contribution >= 4 is 0 Å². The predicted octanol–water partition coefficient (Wildman–Crippen LogP) is 1.46. The van der Waals surface area contributed by atoms with Crippen LogP contribution in [0, 0.1) is 29.1 Å². The van der Waals surface area contributed by atoms with Crippen LogP contribution in [0.4, 0.5) is 22.0 Å². The highest BCUT2D eigenvalue weighted by Crippen LogP contribution is 2.25. The molecular weight excluding hydrogens is 271 g/mol. The Morgan fingerprint density at radius 3 is 2.00 bits per heavy atom. The molecule has 1 aromatic carbocycles. The highest BCUT2D eigenvalue weighted by atomic mass is 19.2. The minimum Gasteiger partial charge on any atom is -0.330 e. The van der Waals surface area contributed by atoms with Crippen LogP contribution in [0.3, 0.4) is 0 Å². The van der Waals surface area contributed by atoms with E-state index in [4.69, 9.17) is 5.73 Å². The van der Waals surface area contributed by atoms with E-state index in [1.807, 2.05) is 0 Å². The molecule has 0 bridgehead atoms. The Kier molecular flexibility index (Phi) is 3.47. The van der Waals surface area contributed by atoms with E-state index in [1.54, 1.807) is 0 Å². The van der Waals surface area contributed by atoms with E-state index in [9.17, 15) is 22.0 Å². The lowest BCUT2D eigenvalue weighted by molar-refractivity contribution is 0.373. The molecule has 1 heterocycles. The van der Waals surface area contributed by atoms with Gasteiger partial charge in [0, 0.05) is 6.42 Å². The van der Waals surface area contributed by atoms with Gasteiger partial charge in [0.05, 0.1) is 11.9 Å². The standard InChI is InChI=1S/C10H7F5N4/c11-5-6(12)8(14)10(9(15)7(5)13)19-3-4(1-2-16)17-18-19/h3H,1-2,16H2. The lowest BCUT2D eigenvalue weighted by Gasteiger charge is -2.06. The van der Waals surface area contributed by atoms with Gasteiger partial charge in [-0.05, 0) is 6.54 Å². The summed E-state index contributed by atoms with van der Waals surface area (Å²) < 4.78 is 66.2. The smallest absolute Gasteiger partial charge is 0.200 e. The van der Waals surface area contributed by atoms with Gasteiger partial charge in [0.25, 0.3) is 0 Å². The van der Waals surface area contributed by atoms with Crippen LogP contribution in [0.1, 0.15) is 5.69 Å². The maximum atomic E-state index is 13.4. The zero-order valence-electron chi connectivity index (χ0n) is 9.30. The Labute approximate surface area is 103 Å². The molecule has 2 N–H and O–H groups in total. The molecule has 2 aromatic rings. The van der Waals surface area contributed by atoms with Crippen LogP contribution >= 0.6 is 0 Å². The molecule has 2 rings (SSSR count). The molecule has 102 valence electrons. The fourth-order valence-corrected chi connectivity index (χ4v) is 1.46. The van der Waals surface area contributed by atoms with Crippen molar-refractivity contribution in [2.24, 2.45) is 5.73 Å². The topological polar surface area (TPSA) is 56.7 Å². The van der Waals surface area contributed by atoms with Crippen molar-refractivity contribution in [2.75, 3.05) is 6.54 Å². The third kappa shape index (κ3) is 2.16. The van der Waals surface area contributed by atoms with Gasteiger partial charge in [-0.1, -0.05) is 5.21 Å². The summed E-state index contributed by atoms with van der Waals surface area (Å²) in [4.78, 5) is 0. The van der Waals surface area contributed by atoms with Gasteiger partial charge < -0.3 is 5.73 Å². The second-order valence-corrected chi connectivity index (χ2v) is 3.61. The van der Waals surface area contributed by atoms with Gasteiger partial charge in [-0.15, -0.1) is 5.10 Å². The Morgan fingerprint density at radius 1 is 0.947 bits per heavy atom. The van der Waals surface area contributed by atoms with E-state index in [0.29, 0.717) is 4.68 Å². The quantitative estimate of drug-likeness (QED) is 0.525. The Balaban J connectivity index is 2.61. The SMILES string of the molecule is NCCc1cn(-c2c(F)c(F)c(F)c(F)c2F)nn1. The number of rotatable bonds is 3. The molecule has 0 saturated heterocycles. The molecule has 0 aliphatic carbocycles.